The molecule has 0 unspecified atom stereocenters. The molecular weight excluding hydrogens is 532 g/mol. The van der Waals surface area contributed by atoms with Crippen molar-refractivity contribution in [2.45, 2.75) is 169 Å². The monoisotopic (exact) mass is 603 g/mol. The fraction of sp³-hybridized carbons (Fsp3) is 0.744. The summed E-state index contributed by atoms with van der Waals surface area (Å²) in [6.45, 7) is 11.7. The summed E-state index contributed by atoms with van der Waals surface area (Å²) in [5, 5.41) is 0. The fourth-order valence-electron chi connectivity index (χ4n) is 4.22. The van der Waals surface area contributed by atoms with E-state index in [9.17, 15) is 9.59 Å². The first-order chi connectivity index (χ1) is 21.0. The van der Waals surface area contributed by atoms with Crippen LogP contribution in [0.3, 0.4) is 0 Å². The van der Waals surface area contributed by atoms with Gasteiger partial charge in [-0.1, -0.05) is 141 Å². The Hall–Kier alpha value is -2.10. The van der Waals surface area contributed by atoms with Gasteiger partial charge in [0.1, 0.15) is 0 Å². The van der Waals surface area contributed by atoms with Crippen LogP contribution in [-0.4, -0.2) is 25.2 Å². The summed E-state index contributed by atoms with van der Waals surface area (Å²) >= 11 is 0. The molecule has 0 aliphatic heterocycles. The first-order valence-corrected chi connectivity index (χ1v) is 17.9. The van der Waals surface area contributed by atoms with E-state index in [0.717, 1.165) is 44.9 Å². The molecule has 0 spiro atoms. The molecule has 250 valence electrons. The molecule has 43 heavy (non-hydrogen) atoms. The number of esters is 2. The molecule has 0 rings (SSSR count). The van der Waals surface area contributed by atoms with Crippen molar-refractivity contribution in [3.63, 3.8) is 0 Å². The van der Waals surface area contributed by atoms with E-state index in [1.54, 1.807) is 0 Å². The first kappa shape index (κ1) is 43.0. The van der Waals surface area contributed by atoms with Gasteiger partial charge in [0.25, 0.3) is 0 Å². The second-order valence-corrected chi connectivity index (χ2v) is 11.8. The Morgan fingerprint density at radius 3 is 1.44 bits per heavy atom. The third kappa shape index (κ3) is 42.1. The molecule has 0 bridgehead atoms. The molecule has 0 aromatic carbocycles. The molecule has 0 aromatic rings. The zero-order chi connectivity index (χ0) is 32.1. The fourth-order valence-corrected chi connectivity index (χ4v) is 4.22. The van der Waals surface area contributed by atoms with Crippen molar-refractivity contribution in [1.82, 2.24) is 0 Å². The predicted molar refractivity (Wildman–Crippen MR) is 187 cm³/mol. The third-order valence-corrected chi connectivity index (χ3v) is 6.96. The zero-order valence-corrected chi connectivity index (χ0v) is 29.1. The molecule has 0 radical (unpaired) electrons. The molecule has 0 aliphatic rings. The summed E-state index contributed by atoms with van der Waals surface area (Å²) in [5.41, 5.74) is 0. The van der Waals surface area contributed by atoms with Gasteiger partial charge in [-0.25, -0.2) is 0 Å². The summed E-state index contributed by atoms with van der Waals surface area (Å²) < 4.78 is 10.1. The Kier molecular flexibility index (Phi) is 38.0. The van der Waals surface area contributed by atoms with Gasteiger partial charge < -0.3 is 9.47 Å². The standard InChI is InChI=1S/C22H36O2.C17H34O2/c1-3-5-6-7-8-9-10-11-12-13-14-15-16-17-18-19-20-21-22(23)24-4-2;1-4-5-6-7-8-9-10-11-12-13-17(18)19-15-14-16(2)3/h8-9,11-12,14-15,17-18H,3-7,10,13,16,19-21H2,1-2H3;16H,4-15H2,1-3H3/b9-8-,12-11-,15-14-,18-17-;. The third-order valence-electron chi connectivity index (χ3n) is 6.96. The van der Waals surface area contributed by atoms with E-state index in [4.69, 9.17) is 9.47 Å². The van der Waals surface area contributed by atoms with Gasteiger partial charge in [0.05, 0.1) is 13.2 Å². The average Bonchev–Trinajstić information content (AvgIpc) is 2.98. The molecular formula is C39H70O4. The lowest BCUT2D eigenvalue weighted by Gasteiger charge is -2.06. The van der Waals surface area contributed by atoms with Gasteiger partial charge in [-0.3, -0.25) is 9.59 Å². The van der Waals surface area contributed by atoms with E-state index in [0.29, 0.717) is 32.0 Å². The van der Waals surface area contributed by atoms with Gasteiger partial charge in [-0.2, -0.15) is 0 Å². The first-order valence-electron chi connectivity index (χ1n) is 17.9. The number of unbranched alkanes of at least 4 members (excludes halogenated alkanes) is 12. The molecule has 0 saturated heterocycles. The predicted octanol–water partition coefficient (Wildman–Crippen LogP) is 12.2. The largest absolute Gasteiger partial charge is 0.466 e. The zero-order valence-electron chi connectivity index (χ0n) is 29.1. The minimum Gasteiger partial charge on any atom is -0.466 e. The molecule has 0 N–H and O–H groups in total. The second kappa shape index (κ2) is 37.9. The minimum absolute atomic E-state index is 0.0106. The van der Waals surface area contributed by atoms with E-state index in [2.05, 4.69) is 76.3 Å². The summed E-state index contributed by atoms with van der Waals surface area (Å²) in [4.78, 5) is 22.5. The van der Waals surface area contributed by atoms with Crippen LogP contribution in [0, 0.1) is 5.92 Å². The Morgan fingerprint density at radius 1 is 0.512 bits per heavy atom. The van der Waals surface area contributed by atoms with Crippen LogP contribution in [0.4, 0.5) is 0 Å². The van der Waals surface area contributed by atoms with Crippen LogP contribution >= 0.6 is 0 Å². The van der Waals surface area contributed by atoms with Gasteiger partial charge in [0.15, 0.2) is 0 Å². The highest BCUT2D eigenvalue weighted by Crippen LogP contribution is 2.11. The Morgan fingerprint density at radius 2 is 0.930 bits per heavy atom. The molecule has 4 nitrogen and oxygen atoms in total. The van der Waals surface area contributed by atoms with Gasteiger partial charge in [-0.05, 0) is 70.6 Å². The van der Waals surface area contributed by atoms with Crippen molar-refractivity contribution in [1.29, 1.82) is 0 Å². The number of carbonyl (C=O) groups excluding carboxylic acids is 2. The van der Waals surface area contributed by atoms with Crippen LogP contribution in [0.15, 0.2) is 48.6 Å². The summed E-state index contributed by atoms with van der Waals surface area (Å²) in [7, 11) is 0. The van der Waals surface area contributed by atoms with E-state index in [-0.39, 0.29) is 11.9 Å². The molecule has 0 heterocycles. The van der Waals surface area contributed by atoms with Crippen molar-refractivity contribution < 1.29 is 19.1 Å². The summed E-state index contributed by atoms with van der Waals surface area (Å²) in [6, 6.07) is 0. The van der Waals surface area contributed by atoms with Gasteiger partial charge >= 0.3 is 11.9 Å². The van der Waals surface area contributed by atoms with Crippen LogP contribution in [0.5, 0.6) is 0 Å². The molecule has 0 aromatic heterocycles. The van der Waals surface area contributed by atoms with E-state index < -0.39 is 0 Å². The number of rotatable bonds is 28. The Bertz CT molecular complexity index is 702. The smallest absolute Gasteiger partial charge is 0.305 e. The van der Waals surface area contributed by atoms with Gasteiger partial charge in [-0.15, -0.1) is 0 Å². The maximum Gasteiger partial charge on any atom is 0.305 e. The Labute approximate surface area is 267 Å². The van der Waals surface area contributed by atoms with Gasteiger partial charge in [0, 0.05) is 12.8 Å². The number of carbonyl (C=O) groups is 2. The second-order valence-electron chi connectivity index (χ2n) is 11.8. The highest BCUT2D eigenvalue weighted by molar-refractivity contribution is 5.69. The number of ether oxygens (including phenoxy) is 2. The van der Waals surface area contributed by atoms with Gasteiger partial charge in [0.2, 0.25) is 0 Å². The quantitative estimate of drug-likeness (QED) is 0.0508. The number of hydrogen-bond acceptors (Lipinski definition) is 4. The lowest BCUT2D eigenvalue weighted by Crippen LogP contribution is -2.07. The van der Waals surface area contributed by atoms with E-state index in [1.807, 2.05) is 6.92 Å². The van der Waals surface area contributed by atoms with Crippen molar-refractivity contribution in [3.05, 3.63) is 48.6 Å². The normalized spacial score (nSPS) is 11.7. The van der Waals surface area contributed by atoms with Crippen LogP contribution < -0.4 is 0 Å². The Balaban J connectivity index is 0. The molecule has 0 atom stereocenters. The maximum absolute atomic E-state index is 11.4. The van der Waals surface area contributed by atoms with E-state index >= 15 is 0 Å². The van der Waals surface area contributed by atoms with Crippen LogP contribution in [0.25, 0.3) is 0 Å². The molecule has 0 fully saturated rings. The summed E-state index contributed by atoms with van der Waals surface area (Å²) in [6.07, 6.45) is 41.4. The van der Waals surface area contributed by atoms with Crippen LogP contribution in [0.1, 0.15) is 169 Å². The van der Waals surface area contributed by atoms with Crippen molar-refractivity contribution >= 4 is 11.9 Å². The highest BCUT2D eigenvalue weighted by Gasteiger charge is 2.03. The SMILES string of the molecule is CCCCC/C=C\C/C=C\C/C=C\C/C=C\CCCC(=O)OCC.CCCCCCCCCCCC(=O)OCCC(C)C. The minimum atomic E-state index is -0.0895. The maximum atomic E-state index is 11.4. The summed E-state index contributed by atoms with van der Waals surface area (Å²) in [5.74, 6) is 0.512. The molecule has 4 heteroatoms. The van der Waals surface area contributed by atoms with Crippen molar-refractivity contribution in [2.75, 3.05) is 13.2 Å². The molecule has 0 amide bonds. The lowest BCUT2D eigenvalue weighted by molar-refractivity contribution is -0.144. The highest BCUT2D eigenvalue weighted by atomic mass is 16.5. The van der Waals surface area contributed by atoms with E-state index in [1.165, 1.54) is 77.0 Å². The number of hydrogen-bond donors (Lipinski definition) is 0. The van der Waals surface area contributed by atoms with Crippen molar-refractivity contribution in [3.8, 4) is 0 Å². The molecule has 0 saturated carbocycles. The van der Waals surface area contributed by atoms with Crippen molar-refractivity contribution in [2.24, 2.45) is 5.92 Å². The molecule has 0 aliphatic carbocycles. The van der Waals surface area contributed by atoms with Crippen LogP contribution in [0.2, 0.25) is 0 Å². The topological polar surface area (TPSA) is 52.6 Å². The van der Waals surface area contributed by atoms with Crippen LogP contribution in [-0.2, 0) is 19.1 Å². The lowest BCUT2D eigenvalue weighted by atomic mass is 10.1. The average molecular weight is 603 g/mol. The number of allylic oxidation sites excluding steroid dienone is 8.